The fourth-order valence-electron chi connectivity index (χ4n) is 0. The molecule has 0 radical (unpaired) electrons. The number of hydrogen-bond acceptors (Lipinski definition) is 5. The van der Waals surface area contributed by atoms with Crippen LogP contribution in [0, 0.1) is 0 Å². The molecule has 62 valence electrons. The topological polar surface area (TPSA) is 85.3 Å². The summed E-state index contributed by atoms with van der Waals surface area (Å²) in [6.07, 6.45) is 0. The van der Waals surface area contributed by atoms with Gasteiger partial charge in [0.25, 0.3) is 0 Å². The van der Waals surface area contributed by atoms with Crippen molar-refractivity contribution in [1.29, 1.82) is 0.594 Å². The molecule has 8 heteroatoms. The Morgan fingerprint density at radius 1 is 1.30 bits per heavy atom. The molecular formula is C2H9IO5TiZr. The molecule has 0 spiro atoms. The van der Waals surface area contributed by atoms with Crippen LogP contribution in [0.4, 0.5) is 0 Å². The zero-order valence-corrected chi connectivity index (χ0v) is 9.60. The molecule has 0 aliphatic carbocycles. The van der Waals surface area contributed by atoms with Gasteiger partial charge in [-0.1, -0.05) is 14.9 Å². The molecule has 5 nitrogen and oxygen atoms in total. The number of hydrogen-bond donors (Lipinski definition) is 0. The third-order valence-electron chi connectivity index (χ3n) is 0. The molecule has 0 amide bonds. The summed E-state index contributed by atoms with van der Waals surface area (Å²) in [6, 6.07) is 0. The van der Waals surface area contributed by atoms with E-state index in [-0.39, 0.29) is 14.9 Å². The second-order valence-corrected chi connectivity index (χ2v) is 0.837. The predicted octanol–water partition coefficient (Wildman–Crippen LogP) is 1.29. The fraction of sp³-hybridized carbons (Fsp3) is 1.00. The molecule has 0 fully saturated rings. The summed E-state index contributed by atoms with van der Waals surface area (Å²) in [6.45, 7) is 0. The summed E-state index contributed by atoms with van der Waals surface area (Å²) < 4.78 is 48.6. The SMILES string of the molecule is C.C.[3H]I=O.[O]=[Ti]=[O].[O]=[Zr]=[O]. The molecule has 0 aliphatic heterocycles. The van der Waals surface area contributed by atoms with Crippen molar-refractivity contribution in [3.8, 4) is 0 Å². The average molecular weight is 381 g/mol. The van der Waals surface area contributed by atoms with Gasteiger partial charge < -0.3 is 0 Å². The molecule has 0 aromatic heterocycles. The van der Waals surface area contributed by atoms with Crippen molar-refractivity contribution in [3.63, 3.8) is 0 Å². The Balaban J connectivity index is -0.0000000150. The molecule has 0 rings (SSSR count). The first-order chi connectivity index (χ1) is 4.24. The van der Waals surface area contributed by atoms with Gasteiger partial charge in [-0.25, -0.2) is 0 Å². The van der Waals surface area contributed by atoms with Crippen molar-refractivity contribution in [2.75, 3.05) is 0 Å². The molecular weight excluding hydrogens is 370 g/mol. The molecule has 0 saturated heterocycles. The molecule has 0 saturated carbocycles. The van der Waals surface area contributed by atoms with Gasteiger partial charge in [0.2, 0.25) is 0 Å². The Morgan fingerprint density at radius 3 is 1.30 bits per heavy atom. The zero-order chi connectivity index (χ0) is 8.12. The number of rotatable bonds is 0. The summed E-state index contributed by atoms with van der Waals surface area (Å²) in [5, 5.41) is 0. The molecule has 0 N–H and O–H groups in total. The molecule has 0 unspecified atom stereocenters. The van der Waals surface area contributed by atoms with Gasteiger partial charge >= 0.3 is 54.6 Å². The van der Waals surface area contributed by atoms with E-state index in [4.69, 9.17) is 15.9 Å². The van der Waals surface area contributed by atoms with Crippen LogP contribution in [-0.4, -0.2) is 0.594 Å². The third kappa shape index (κ3) is 367. The first-order valence-corrected chi connectivity index (χ1v) is 5.13. The van der Waals surface area contributed by atoms with E-state index < -0.39 is 64.7 Å². The first-order valence-electron chi connectivity index (χ1n) is 1.35. The van der Waals surface area contributed by atoms with Crippen LogP contribution in [0.15, 0.2) is 0 Å². The van der Waals surface area contributed by atoms with Crippen LogP contribution in [0.2, 0.25) is 0 Å². The quantitative estimate of drug-likeness (QED) is 0.467. The van der Waals surface area contributed by atoms with Crippen LogP contribution in [0.25, 0.3) is 0 Å². The Hall–Kier alpha value is 1.33. The predicted molar refractivity (Wildman–Crippen MR) is 32.3 cm³/mol. The Labute approximate surface area is 94.3 Å². The molecule has 0 bridgehead atoms. The monoisotopic (exact) mass is 380 g/mol. The van der Waals surface area contributed by atoms with Gasteiger partial charge in [-0.2, -0.15) is 0 Å². The zero-order valence-electron chi connectivity index (χ0n) is 4.42. The van der Waals surface area contributed by atoms with E-state index in [0.29, 0.717) is 0 Å². The summed E-state index contributed by atoms with van der Waals surface area (Å²) in [5.41, 5.74) is 0. The molecule has 10 heavy (non-hydrogen) atoms. The average Bonchev–Trinajstić information content (AvgIpc) is 1.70. The van der Waals surface area contributed by atoms with Gasteiger partial charge in [-0.15, -0.1) is 0 Å². The molecule has 0 atom stereocenters. The summed E-state index contributed by atoms with van der Waals surface area (Å²) in [4.78, 5) is 0. The third-order valence-corrected chi connectivity index (χ3v) is 0. The van der Waals surface area contributed by atoms with E-state index in [1.165, 1.54) is 0 Å². The van der Waals surface area contributed by atoms with Gasteiger partial charge in [-0.05, 0) is 0 Å². The second kappa shape index (κ2) is 81.2. The van der Waals surface area contributed by atoms with E-state index >= 15 is 0 Å². The van der Waals surface area contributed by atoms with Crippen molar-refractivity contribution in [2.24, 2.45) is 0 Å². The Morgan fingerprint density at radius 2 is 1.30 bits per heavy atom. The summed E-state index contributed by atoms with van der Waals surface area (Å²) in [5.74, 6) is 0. The first kappa shape index (κ1) is 22.5. The number of halogens is 1. The van der Waals surface area contributed by atoms with Crippen LogP contribution in [-0.2, 0) is 57.7 Å². The minimum absolute atomic E-state index is 0. The molecule has 0 aromatic rings. The summed E-state index contributed by atoms with van der Waals surface area (Å²) >= 11 is -5.68. The van der Waals surface area contributed by atoms with Crippen molar-refractivity contribution in [3.05, 3.63) is 0 Å². The second-order valence-electron chi connectivity index (χ2n) is 0.167. The van der Waals surface area contributed by atoms with Crippen LogP contribution >= 0.6 is 22.4 Å². The van der Waals surface area contributed by atoms with Gasteiger partial charge in [0.05, 0.1) is 0 Å². The van der Waals surface area contributed by atoms with E-state index in [1.54, 1.807) is 0 Å². The van der Waals surface area contributed by atoms with E-state index in [2.05, 4.69) is 0 Å². The molecule has 0 aromatic carbocycles. The molecule has 0 heterocycles. The molecule has 0 aliphatic rings. The van der Waals surface area contributed by atoms with Crippen molar-refractivity contribution >= 4 is 22.4 Å². The minimum atomic E-state index is -2.27. The van der Waals surface area contributed by atoms with Crippen molar-refractivity contribution < 1.29 is 57.7 Å². The maximum absolute atomic E-state index is 8.71. The van der Waals surface area contributed by atoms with E-state index in [1.807, 2.05) is 0 Å². The van der Waals surface area contributed by atoms with Gasteiger partial charge in [0, 0.05) is 0 Å². The van der Waals surface area contributed by atoms with E-state index in [9.17, 15) is 0 Å². The summed E-state index contributed by atoms with van der Waals surface area (Å²) in [7, 11) is 0. The standard InChI is InChI=1S/2CH4.HIO.4O.Ti.Zr/c;;1-2;;;;;;/h2*1H4;1H;;;;;;/i;;1T;;;;;;. The van der Waals surface area contributed by atoms with Crippen molar-refractivity contribution in [1.82, 2.24) is 0 Å². The van der Waals surface area contributed by atoms with Gasteiger partial charge in [0.1, 0.15) is 23.0 Å². The van der Waals surface area contributed by atoms with Gasteiger partial charge in [0.15, 0.2) is 0 Å². The van der Waals surface area contributed by atoms with Crippen molar-refractivity contribution in [2.45, 2.75) is 14.9 Å². The normalized spacial score (nSPS) is 3.40. The van der Waals surface area contributed by atoms with E-state index in [0.717, 1.165) is 0 Å². The maximum atomic E-state index is 8.71. The Bertz CT molecular complexity index is 108. The van der Waals surface area contributed by atoms with Crippen LogP contribution < -0.4 is 0 Å². The van der Waals surface area contributed by atoms with Crippen LogP contribution in [0.5, 0.6) is 0 Å². The van der Waals surface area contributed by atoms with Gasteiger partial charge in [-0.3, -0.25) is 3.07 Å². The fourth-order valence-corrected chi connectivity index (χ4v) is 0. The van der Waals surface area contributed by atoms with Crippen LogP contribution in [0.1, 0.15) is 14.9 Å². The van der Waals surface area contributed by atoms with Crippen LogP contribution in [0.3, 0.4) is 0 Å². The Kier molecular flexibility index (Phi) is 183.